The summed E-state index contributed by atoms with van der Waals surface area (Å²) in [5.41, 5.74) is -0.774. The molecule has 6 nitrogen and oxygen atoms in total. The Morgan fingerprint density at radius 2 is 1.48 bits per heavy atom. The lowest BCUT2D eigenvalue weighted by Crippen LogP contribution is -2.44. The molecule has 0 aliphatic rings. The average Bonchev–Trinajstić information content (AvgIpc) is 2.30. The van der Waals surface area contributed by atoms with Gasteiger partial charge < -0.3 is 9.47 Å². The summed E-state index contributed by atoms with van der Waals surface area (Å²) < 4.78 is 10.6. The number of ether oxygens (including phenoxy) is 2. The maximum Gasteiger partial charge on any atom is 0.424 e. The summed E-state index contributed by atoms with van der Waals surface area (Å²) in [4.78, 5) is 29.7. The van der Waals surface area contributed by atoms with Crippen LogP contribution in [0.5, 0.6) is 0 Å². The molecule has 128 valence electrons. The van der Waals surface area contributed by atoms with Crippen LogP contribution in [-0.4, -0.2) is 28.4 Å². The monoisotopic (exact) mass is 342 g/mol. The number of rotatable bonds is 1. The smallest absolute Gasteiger partial charge is 0.424 e. The predicted molar refractivity (Wildman–Crippen MR) is 88.9 cm³/mol. The second kappa shape index (κ2) is 6.74. The summed E-state index contributed by atoms with van der Waals surface area (Å²) in [6, 6.07) is 1.51. The van der Waals surface area contributed by atoms with E-state index in [0.717, 1.165) is 4.90 Å². The van der Waals surface area contributed by atoms with Crippen molar-refractivity contribution in [3.05, 3.63) is 23.0 Å². The molecule has 0 saturated carbocycles. The summed E-state index contributed by atoms with van der Waals surface area (Å²) in [6.07, 6.45) is -0.263. The highest BCUT2D eigenvalue weighted by Gasteiger charge is 2.33. The Morgan fingerprint density at radius 1 is 1.04 bits per heavy atom. The first kappa shape index (κ1) is 19.2. The molecule has 0 bridgehead atoms. The molecule has 0 saturated heterocycles. The fourth-order valence-electron chi connectivity index (χ4n) is 1.63. The summed E-state index contributed by atoms with van der Waals surface area (Å²) >= 11 is 5.99. The molecule has 0 spiro atoms. The topological polar surface area (TPSA) is 68.7 Å². The molecule has 0 N–H and O–H groups in total. The minimum absolute atomic E-state index is 0.194. The van der Waals surface area contributed by atoms with Gasteiger partial charge in [-0.2, -0.15) is 4.90 Å². The van der Waals surface area contributed by atoms with Gasteiger partial charge in [0.25, 0.3) is 0 Å². The molecule has 23 heavy (non-hydrogen) atoms. The fraction of sp³-hybridized carbons (Fsp3) is 0.562. The van der Waals surface area contributed by atoms with Gasteiger partial charge in [0, 0.05) is 11.8 Å². The molecule has 1 aromatic heterocycles. The maximum absolute atomic E-state index is 12.5. The van der Waals surface area contributed by atoms with Crippen molar-refractivity contribution in [2.45, 2.75) is 59.7 Å². The highest BCUT2D eigenvalue weighted by atomic mass is 35.5. The van der Waals surface area contributed by atoms with Gasteiger partial charge in [-0.25, -0.2) is 14.6 Å². The van der Waals surface area contributed by atoms with E-state index < -0.39 is 23.4 Å². The Kier molecular flexibility index (Phi) is 5.64. The van der Waals surface area contributed by atoms with Gasteiger partial charge in [0.05, 0.1) is 5.69 Å². The molecule has 0 aliphatic heterocycles. The number of carbonyl (C=O) groups excluding carboxylic acids is 2. The van der Waals surface area contributed by atoms with E-state index in [1.165, 1.54) is 12.3 Å². The SMILES string of the molecule is Cc1c(N(C(=O)OC(C)(C)C)C(=O)OC(C)(C)C)ccnc1Cl. The summed E-state index contributed by atoms with van der Waals surface area (Å²) in [6.45, 7) is 11.9. The van der Waals surface area contributed by atoms with Crippen LogP contribution in [0.4, 0.5) is 15.3 Å². The van der Waals surface area contributed by atoms with Gasteiger partial charge in [-0.3, -0.25) is 0 Å². The molecule has 0 fully saturated rings. The molecule has 1 aromatic rings. The van der Waals surface area contributed by atoms with Crippen molar-refractivity contribution in [1.29, 1.82) is 0 Å². The van der Waals surface area contributed by atoms with E-state index in [1.54, 1.807) is 48.5 Å². The second-order valence-corrected chi connectivity index (χ2v) is 7.40. The van der Waals surface area contributed by atoms with E-state index in [4.69, 9.17) is 21.1 Å². The first-order valence-electron chi connectivity index (χ1n) is 7.19. The number of aromatic nitrogens is 1. The van der Waals surface area contributed by atoms with Crippen LogP contribution >= 0.6 is 11.6 Å². The van der Waals surface area contributed by atoms with E-state index in [9.17, 15) is 9.59 Å². The minimum atomic E-state index is -0.836. The zero-order chi connectivity index (χ0) is 18.0. The Labute approximate surface area is 141 Å². The molecule has 2 amide bonds. The van der Waals surface area contributed by atoms with Gasteiger partial charge in [-0.1, -0.05) is 11.6 Å². The number of amides is 2. The van der Waals surface area contributed by atoms with Crippen LogP contribution in [0.15, 0.2) is 12.3 Å². The molecule has 7 heteroatoms. The van der Waals surface area contributed by atoms with Crippen LogP contribution in [0.2, 0.25) is 5.15 Å². The van der Waals surface area contributed by atoms with Crippen LogP contribution in [0.1, 0.15) is 47.1 Å². The van der Waals surface area contributed by atoms with Gasteiger partial charge in [-0.15, -0.1) is 0 Å². The summed E-state index contributed by atoms with van der Waals surface area (Å²) in [5, 5.41) is 0.194. The van der Waals surface area contributed by atoms with Crippen molar-refractivity contribution >= 4 is 29.5 Å². The number of hydrogen-bond acceptors (Lipinski definition) is 5. The molecule has 0 unspecified atom stereocenters. The Balaban J connectivity index is 3.29. The number of nitrogens with zero attached hydrogens (tertiary/aromatic N) is 2. The van der Waals surface area contributed by atoms with Crippen LogP contribution in [-0.2, 0) is 9.47 Å². The number of carbonyl (C=O) groups is 2. The Bertz CT molecular complexity index is 575. The van der Waals surface area contributed by atoms with E-state index >= 15 is 0 Å². The lowest BCUT2D eigenvalue weighted by molar-refractivity contribution is 0.0430. The van der Waals surface area contributed by atoms with Crippen molar-refractivity contribution in [3.63, 3.8) is 0 Å². The number of anilines is 1. The average molecular weight is 343 g/mol. The molecule has 0 aliphatic carbocycles. The minimum Gasteiger partial charge on any atom is -0.443 e. The lowest BCUT2D eigenvalue weighted by atomic mass is 10.2. The molecule has 0 radical (unpaired) electrons. The standard InChI is InChI=1S/C16H23ClN2O4/c1-10-11(8-9-18-12(10)17)19(13(20)22-15(2,3)4)14(21)23-16(5,6)7/h8-9H,1-7H3. The normalized spacial score (nSPS) is 11.8. The zero-order valence-corrected chi connectivity index (χ0v) is 15.3. The van der Waals surface area contributed by atoms with Gasteiger partial charge >= 0.3 is 12.2 Å². The van der Waals surface area contributed by atoms with Crippen LogP contribution < -0.4 is 4.90 Å². The number of imide groups is 1. The van der Waals surface area contributed by atoms with Gasteiger partial charge in [0.1, 0.15) is 16.4 Å². The first-order chi connectivity index (χ1) is 10.3. The molecule has 1 rings (SSSR count). The highest BCUT2D eigenvalue weighted by molar-refractivity contribution is 6.30. The van der Waals surface area contributed by atoms with Crippen molar-refractivity contribution in [2.24, 2.45) is 0 Å². The van der Waals surface area contributed by atoms with Crippen LogP contribution in [0.3, 0.4) is 0 Å². The molecular formula is C16H23ClN2O4. The van der Waals surface area contributed by atoms with Crippen LogP contribution in [0.25, 0.3) is 0 Å². The maximum atomic E-state index is 12.5. The van der Waals surface area contributed by atoms with Crippen LogP contribution in [0, 0.1) is 6.92 Å². The van der Waals surface area contributed by atoms with Crippen molar-refractivity contribution in [2.75, 3.05) is 4.90 Å². The Hall–Kier alpha value is -1.82. The molecule has 0 aromatic carbocycles. The molecule has 0 atom stereocenters. The van der Waals surface area contributed by atoms with Gasteiger partial charge in [-0.05, 0) is 54.5 Å². The number of halogens is 1. The summed E-state index contributed by atoms with van der Waals surface area (Å²) in [5.74, 6) is 0. The van der Waals surface area contributed by atoms with E-state index in [-0.39, 0.29) is 10.8 Å². The largest absolute Gasteiger partial charge is 0.443 e. The number of pyridine rings is 1. The zero-order valence-electron chi connectivity index (χ0n) is 14.6. The fourth-order valence-corrected chi connectivity index (χ4v) is 1.78. The van der Waals surface area contributed by atoms with Crippen molar-refractivity contribution in [3.8, 4) is 0 Å². The van der Waals surface area contributed by atoms with Crippen molar-refractivity contribution in [1.82, 2.24) is 4.98 Å². The van der Waals surface area contributed by atoms with Gasteiger partial charge in [0.15, 0.2) is 0 Å². The molecular weight excluding hydrogens is 320 g/mol. The highest BCUT2D eigenvalue weighted by Crippen LogP contribution is 2.28. The predicted octanol–water partition coefficient (Wildman–Crippen LogP) is 4.72. The quantitative estimate of drug-likeness (QED) is 0.690. The van der Waals surface area contributed by atoms with Gasteiger partial charge in [0.2, 0.25) is 0 Å². The second-order valence-electron chi connectivity index (χ2n) is 7.04. The third kappa shape index (κ3) is 5.71. The number of hydrogen-bond donors (Lipinski definition) is 0. The van der Waals surface area contributed by atoms with E-state index in [0.29, 0.717) is 5.56 Å². The lowest BCUT2D eigenvalue weighted by Gasteiger charge is -2.29. The third-order valence-corrected chi connectivity index (χ3v) is 2.89. The first-order valence-corrected chi connectivity index (χ1v) is 7.57. The summed E-state index contributed by atoms with van der Waals surface area (Å²) in [7, 11) is 0. The Morgan fingerprint density at radius 3 is 1.87 bits per heavy atom. The third-order valence-electron chi connectivity index (χ3n) is 2.51. The molecule has 1 heterocycles. The van der Waals surface area contributed by atoms with E-state index in [1.807, 2.05) is 0 Å². The van der Waals surface area contributed by atoms with Crippen molar-refractivity contribution < 1.29 is 19.1 Å². The van der Waals surface area contributed by atoms with E-state index in [2.05, 4.69) is 4.98 Å².